The molecule has 3 heteroatoms. The van der Waals surface area contributed by atoms with Crippen LogP contribution < -0.4 is 4.74 Å². The van der Waals surface area contributed by atoms with Crippen molar-refractivity contribution in [3.05, 3.63) is 58.4 Å². The predicted octanol–water partition coefficient (Wildman–Crippen LogP) is 5.06. The van der Waals surface area contributed by atoms with E-state index in [0.717, 1.165) is 35.4 Å². The average molecular weight is 340 g/mol. The summed E-state index contributed by atoms with van der Waals surface area (Å²) in [7, 11) is 1.74. The molecular formula is C21H22ClNO. The van der Waals surface area contributed by atoms with Crippen molar-refractivity contribution in [3.8, 4) is 17.6 Å². The molecule has 1 aromatic heterocycles. The van der Waals surface area contributed by atoms with Gasteiger partial charge in [-0.1, -0.05) is 19.3 Å². The van der Waals surface area contributed by atoms with Gasteiger partial charge in [0.2, 0.25) is 0 Å². The van der Waals surface area contributed by atoms with E-state index in [2.05, 4.69) is 35.9 Å². The van der Waals surface area contributed by atoms with Gasteiger partial charge in [0.15, 0.2) is 0 Å². The number of methoxy groups -OCH3 is 1. The van der Waals surface area contributed by atoms with Crippen LogP contribution in [0.3, 0.4) is 0 Å². The van der Waals surface area contributed by atoms with Gasteiger partial charge < -0.3 is 4.74 Å². The number of nitrogens with zero attached hydrogens (tertiary/aromatic N) is 1. The van der Waals surface area contributed by atoms with Crippen LogP contribution in [0, 0.1) is 11.8 Å². The lowest BCUT2D eigenvalue weighted by Crippen LogP contribution is -1.99. The topological polar surface area (TPSA) is 22.1 Å². The fourth-order valence-corrected chi connectivity index (χ4v) is 3.13. The van der Waals surface area contributed by atoms with Crippen molar-refractivity contribution in [3.63, 3.8) is 0 Å². The van der Waals surface area contributed by atoms with Gasteiger partial charge in [0.25, 0.3) is 0 Å². The highest BCUT2D eigenvalue weighted by Crippen LogP contribution is 2.44. The number of alkyl halides is 1. The summed E-state index contributed by atoms with van der Waals surface area (Å²) in [6.45, 7) is 2.21. The summed E-state index contributed by atoms with van der Waals surface area (Å²) in [5, 5.41) is 0. The number of benzene rings is 1. The second-order valence-corrected chi connectivity index (χ2v) is 6.47. The molecule has 3 rings (SSSR count). The maximum Gasteiger partial charge on any atom is 0.123 e. The van der Waals surface area contributed by atoms with E-state index < -0.39 is 0 Å². The molecule has 0 amide bonds. The number of aromatic nitrogens is 1. The van der Waals surface area contributed by atoms with Crippen LogP contribution in [0.15, 0.2) is 30.5 Å². The Hall–Kier alpha value is -1.98. The molecule has 2 nitrogen and oxygen atoms in total. The highest BCUT2D eigenvalue weighted by Gasteiger charge is 2.27. The van der Waals surface area contributed by atoms with Gasteiger partial charge >= 0.3 is 0 Å². The molecule has 2 aromatic rings. The van der Waals surface area contributed by atoms with E-state index in [0.29, 0.717) is 11.8 Å². The molecule has 24 heavy (non-hydrogen) atoms. The molecule has 0 bridgehead atoms. The summed E-state index contributed by atoms with van der Waals surface area (Å²) in [6, 6.07) is 8.13. The summed E-state index contributed by atoms with van der Waals surface area (Å²) in [4.78, 5) is 4.30. The third kappa shape index (κ3) is 3.91. The Balaban J connectivity index is 1.96. The van der Waals surface area contributed by atoms with Gasteiger partial charge in [0, 0.05) is 17.6 Å². The molecule has 0 saturated heterocycles. The van der Waals surface area contributed by atoms with E-state index in [4.69, 9.17) is 16.3 Å². The number of hydrogen-bond acceptors (Lipinski definition) is 2. The van der Waals surface area contributed by atoms with Crippen molar-refractivity contribution in [1.82, 2.24) is 4.98 Å². The zero-order chi connectivity index (χ0) is 16.9. The van der Waals surface area contributed by atoms with E-state index in [9.17, 15) is 0 Å². The Morgan fingerprint density at radius 1 is 1.25 bits per heavy atom. The van der Waals surface area contributed by atoms with Crippen molar-refractivity contribution in [2.75, 3.05) is 7.11 Å². The van der Waals surface area contributed by atoms with Crippen LogP contribution in [0.25, 0.3) is 0 Å². The van der Waals surface area contributed by atoms with Crippen LogP contribution >= 0.6 is 11.6 Å². The third-order valence-corrected chi connectivity index (χ3v) is 4.60. The molecule has 1 aliphatic carbocycles. The summed E-state index contributed by atoms with van der Waals surface area (Å²) < 4.78 is 5.64. The number of pyridine rings is 1. The number of halogens is 1. The lowest BCUT2D eigenvalue weighted by molar-refractivity contribution is 0.408. The van der Waals surface area contributed by atoms with Crippen molar-refractivity contribution in [2.24, 2.45) is 0 Å². The van der Waals surface area contributed by atoms with Gasteiger partial charge in [0.1, 0.15) is 11.4 Å². The van der Waals surface area contributed by atoms with Crippen LogP contribution in [-0.4, -0.2) is 12.1 Å². The second-order valence-electron chi connectivity index (χ2n) is 6.20. The highest BCUT2D eigenvalue weighted by molar-refractivity contribution is 6.17. The lowest BCUT2D eigenvalue weighted by atomic mass is 9.96. The number of rotatable bonds is 5. The monoisotopic (exact) mass is 339 g/mol. The summed E-state index contributed by atoms with van der Waals surface area (Å²) in [5.74, 6) is 8.51. The van der Waals surface area contributed by atoms with Crippen LogP contribution in [0.4, 0.5) is 0 Å². The van der Waals surface area contributed by atoms with Crippen molar-refractivity contribution in [2.45, 2.75) is 44.4 Å². The molecule has 1 aliphatic rings. The van der Waals surface area contributed by atoms with Gasteiger partial charge in [-0.05, 0) is 72.1 Å². The van der Waals surface area contributed by atoms with Crippen LogP contribution in [0.2, 0.25) is 0 Å². The molecule has 124 valence electrons. The molecule has 1 heterocycles. The first-order chi connectivity index (χ1) is 11.7. The normalized spacial score (nSPS) is 13.3. The van der Waals surface area contributed by atoms with Crippen molar-refractivity contribution in [1.29, 1.82) is 0 Å². The molecule has 0 atom stereocenters. The van der Waals surface area contributed by atoms with Crippen LogP contribution in [0.5, 0.6) is 5.75 Å². The van der Waals surface area contributed by atoms with E-state index in [1.807, 2.05) is 12.1 Å². The molecule has 0 unspecified atom stereocenters. The lowest BCUT2D eigenvalue weighted by Gasteiger charge is -2.14. The van der Waals surface area contributed by atoms with Crippen LogP contribution in [-0.2, 0) is 12.3 Å². The average Bonchev–Trinajstić information content (AvgIpc) is 3.46. The molecular weight excluding hydrogens is 318 g/mol. The maximum atomic E-state index is 5.87. The Bertz CT molecular complexity index is 784. The SMILES string of the molecule is CCCc1c(OC)cc(C#Cc2cc(CCl)ccn2)cc1C1CC1. The van der Waals surface area contributed by atoms with Gasteiger partial charge in [-0.25, -0.2) is 4.98 Å². The predicted molar refractivity (Wildman–Crippen MR) is 98.7 cm³/mol. The maximum absolute atomic E-state index is 5.87. The van der Waals surface area contributed by atoms with Crippen LogP contribution in [0.1, 0.15) is 60.1 Å². The van der Waals surface area contributed by atoms with Crippen molar-refractivity contribution >= 4 is 11.6 Å². The van der Waals surface area contributed by atoms with E-state index in [-0.39, 0.29) is 0 Å². The number of hydrogen-bond donors (Lipinski definition) is 0. The Kier molecular flexibility index (Phi) is 5.43. The fourth-order valence-electron chi connectivity index (χ4n) is 2.96. The van der Waals surface area contributed by atoms with Gasteiger partial charge in [0.05, 0.1) is 7.11 Å². The Labute approximate surface area is 149 Å². The zero-order valence-corrected chi connectivity index (χ0v) is 15.0. The van der Waals surface area contributed by atoms with Gasteiger partial charge in [-0.2, -0.15) is 0 Å². The highest BCUT2D eigenvalue weighted by atomic mass is 35.5. The molecule has 1 aromatic carbocycles. The minimum atomic E-state index is 0.475. The minimum Gasteiger partial charge on any atom is -0.496 e. The largest absolute Gasteiger partial charge is 0.496 e. The van der Waals surface area contributed by atoms with E-state index in [1.54, 1.807) is 13.3 Å². The molecule has 1 saturated carbocycles. The fraction of sp³-hybridized carbons (Fsp3) is 0.381. The first-order valence-electron chi connectivity index (χ1n) is 8.48. The second kappa shape index (κ2) is 7.73. The molecule has 1 fully saturated rings. The third-order valence-electron chi connectivity index (χ3n) is 4.29. The van der Waals surface area contributed by atoms with Gasteiger partial charge in [-0.3, -0.25) is 0 Å². The van der Waals surface area contributed by atoms with E-state index >= 15 is 0 Å². The molecule has 0 aliphatic heterocycles. The Morgan fingerprint density at radius 3 is 2.75 bits per heavy atom. The minimum absolute atomic E-state index is 0.475. The standard InChI is InChI=1S/C21H22ClNO/c1-3-4-19-20(17-6-7-17)12-15(13-21(19)24-2)5-8-18-11-16(14-22)9-10-23-18/h9-13,17H,3-4,6-7,14H2,1-2H3. The number of ether oxygens (including phenoxy) is 1. The van der Waals surface area contributed by atoms with Crippen molar-refractivity contribution < 1.29 is 4.74 Å². The Morgan fingerprint density at radius 2 is 2.08 bits per heavy atom. The molecule has 0 N–H and O–H groups in total. The smallest absolute Gasteiger partial charge is 0.123 e. The molecule has 0 radical (unpaired) electrons. The van der Waals surface area contributed by atoms with Gasteiger partial charge in [-0.15, -0.1) is 11.6 Å². The zero-order valence-electron chi connectivity index (χ0n) is 14.2. The summed E-state index contributed by atoms with van der Waals surface area (Å²) in [5.41, 5.74) is 5.55. The first kappa shape index (κ1) is 16.9. The van der Waals surface area contributed by atoms with E-state index in [1.165, 1.54) is 24.0 Å². The quantitative estimate of drug-likeness (QED) is 0.561. The summed E-state index contributed by atoms with van der Waals surface area (Å²) >= 11 is 5.87. The first-order valence-corrected chi connectivity index (χ1v) is 9.02. The summed E-state index contributed by atoms with van der Waals surface area (Å²) in [6.07, 6.45) is 6.48. The molecule has 0 spiro atoms.